The molecule has 2 aromatic carbocycles. The number of nitrogens with one attached hydrogen (secondary N) is 2. The first kappa shape index (κ1) is 24.7. The van der Waals surface area contributed by atoms with Gasteiger partial charge in [-0.05, 0) is 62.8 Å². The number of anilines is 3. The zero-order chi connectivity index (χ0) is 26.8. The Kier molecular flexibility index (Phi) is 6.74. The summed E-state index contributed by atoms with van der Waals surface area (Å²) in [5.74, 6) is 1.18. The van der Waals surface area contributed by atoms with Gasteiger partial charge in [-0.25, -0.2) is 15.0 Å². The van der Waals surface area contributed by atoms with E-state index in [1.807, 2.05) is 30.3 Å². The van der Waals surface area contributed by atoms with Crippen molar-refractivity contribution in [1.29, 1.82) is 0 Å². The standard InChI is InChI=1S/C27H24ClN9O2/c1-36-10-2-3-19(36)6-9-25(38)33-17-4-7-22-20(11-17)27(30-14-29-22)34-18-5-8-23(21(28)12-18)39-26-13-24-35-32-16-37(24)15-31-26/h4-9,11-16,19H,2-3,10H2,1H3,(H,33,38)(H,29,30,34)/b9-6+. The van der Waals surface area contributed by atoms with Crippen LogP contribution >= 0.6 is 11.6 Å². The van der Waals surface area contributed by atoms with Gasteiger partial charge in [0.05, 0.1) is 10.5 Å². The highest BCUT2D eigenvalue weighted by molar-refractivity contribution is 6.32. The van der Waals surface area contributed by atoms with E-state index in [-0.39, 0.29) is 5.91 Å². The Balaban J connectivity index is 1.18. The molecular weight excluding hydrogens is 518 g/mol. The van der Waals surface area contributed by atoms with E-state index in [9.17, 15) is 4.79 Å². The predicted molar refractivity (Wildman–Crippen MR) is 149 cm³/mol. The molecule has 1 fully saturated rings. The van der Waals surface area contributed by atoms with Crippen molar-refractivity contribution in [3.05, 3.63) is 78.6 Å². The molecule has 1 amide bonds. The molecule has 1 aliphatic rings. The van der Waals surface area contributed by atoms with Crippen LogP contribution in [0.2, 0.25) is 5.02 Å². The lowest BCUT2D eigenvalue weighted by Gasteiger charge is -2.14. The smallest absolute Gasteiger partial charge is 0.248 e. The number of ether oxygens (including phenoxy) is 1. The number of hydrogen-bond acceptors (Lipinski definition) is 9. The Hall–Kier alpha value is -4.61. The molecule has 196 valence electrons. The quantitative estimate of drug-likeness (QED) is 0.278. The maximum atomic E-state index is 12.5. The van der Waals surface area contributed by atoms with Gasteiger partial charge in [0.1, 0.15) is 30.5 Å². The second-order valence-corrected chi connectivity index (χ2v) is 9.60. The summed E-state index contributed by atoms with van der Waals surface area (Å²) in [6.45, 7) is 1.05. The molecule has 0 bridgehead atoms. The Bertz CT molecular complexity index is 1700. The Morgan fingerprint density at radius 2 is 2.00 bits per heavy atom. The summed E-state index contributed by atoms with van der Waals surface area (Å²) in [4.78, 5) is 27.8. The lowest BCUT2D eigenvalue weighted by molar-refractivity contribution is -0.111. The Labute approximate surface area is 228 Å². The summed E-state index contributed by atoms with van der Waals surface area (Å²) >= 11 is 6.51. The molecule has 4 heterocycles. The van der Waals surface area contributed by atoms with E-state index in [1.54, 1.807) is 41.3 Å². The SMILES string of the molecule is CN1CCCC1/C=C/C(=O)Nc1ccc2ncnc(Nc3ccc(Oc4cc5nncn5cn4)c(Cl)c3)c2c1. The molecule has 11 nitrogen and oxygen atoms in total. The first-order valence-corrected chi connectivity index (χ1v) is 12.7. The molecule has 2 N–H and O–H groups in total. The summed E-state index contributed by atoms with van der Waals surface area (Å²) in [5.41, 5.74) is 2.69. The molecular formula is C27H24ClN9O2. The number of nitrogens with zero attached hydrogens (tertiary/aromatic N) is 7. The van der Waals surface area contributed by atoms with Crippen LogP contribution in [0.3, 0.4) is 0 Å². The molecule has 0 aliphatic carbocycles. The third-order valence-electron chi connectivity index (χ3n) is 6.52. The van der Waals surface area contributed by atoms with Gasteiger partial charge in [0.15, 0.2) is 5.65 Å². The Morgan fingerprint density at radius 1 is 1.10 bits per heavy atom. The van der Waals surface area contributed by atoms with Crippen molar-refractivity contribution in [2.45, 2.75) is 18.9 Å². The fourth-order valence-electron chi connectivity index (χ4n) is 4.47. The normalized spacial score (nSPS) is 15.8. The van der Waals surface area contributed by atoms with Crippen LogP contribution in [0.1, 0.15) is 12.8 Å². The third-order valence-corrected chi connectivity index (χ3v) is 6.82. The molecule has 1 saturated heterocycles. The number of carbonyl (C=O) groups is 1. The average molecular weight is 542 g/mol. The van der Waals surface area contributed by atoms with Crippen LogP contribution < -0.4 is 15.4 Å². The maximum absolute atomic E-state index is 12.5. The van der Waals surface area contributed by atoms with Crippen LogP contribution in [0.5, 0.6) is 11.6 Å². The largest absolute Gasteiger partial charge is 0.437 e. The Morgan fingerprint density at radius 3 is 2.85 bits per heavy atom. The molecule has 5 aromatic rings. The zero-order valence-electron chi connectivity index (χ0n) is 21.0. The lowest BCUT2D eigenvalue weighted by atomic mass is 10.2. The van der Waals surface area contributed by atoms with Gasteiger partial charge >= 0.3 is 0 Å². The molecule has 1 atom stereocenters. The second-order valence-electron chi connectivity index (χ2n) is 9.19. The minimum Gasteiger partial charge on any atom is -0.437 e. The number of carbonyl (C=O) groups excluding carboxylic acids is 1. The number of rotatable bonds is 7. The molecule has 1 aliphatic heterocycles. The highest BCUT2D eigenvalue weighted by Gasteiger charge is 2.18. The van der Waals surface area contributed by atoms with Gasteiger partial charge in [-0.3, -0.25) is 14.1 Å². The molecule has 0 radical (unpaired) electrons. The number of benzene rings is 2. The topological polar surface area (TPSA) is 122 Å². The van der Waals surface area contributed by atoms with Crippen LogP contribution in [-0.4, -0.2) is 60.0 Å². The summed E-state index contributed by atoms with van der Waals surface area (Å²) in [6, 6.07) is 12.8. The molecule has 3 aromatic heterocycles. The van der Waals surface area contributed by atoms with Gasteiger partial charge in [-0.2, -0.15) is 0 Å². The van der Waals surface area contributed by atoms with Crippen molar-refractivity contribution in [2.24, 2.45) is 0 Å². The molecule has 6 rings (SSSR count). The zero-order valence-corrected chi connectivity index (χ0v) is 21.7. The predicted octanol–water partition coefficient (Wildman–Crippen LogP) is 4.85. The number of fused-ring (bicyclic) bond motifs is 2. The highest BCUT2D eigenvalue weighted by atomic mass is 35.5. The number of amides is 1. The van der Waals surface area contributed by atoms with Crippen molar-refractivity contribution in [2.75, 3.05) is 24.2 Å². The van der Waals surface area contributed by atoms with E-state index >= 15 is 0 Å². The van der Waals surface area contributed by atoms with E-state index in [2.05, 4.69) is 47.7 Å². The number of hydrogen-bond donors (Lipinski definition) is 2. The number of likely N-dealkylation sites (tertiary alicyclic amines) is 1. The first-order chi connectivity index (χ1) is 19.0. The molecule has 0 spiro atoms. The summed E-state index contributed by atoms with van der Waals surface area (Å²) in [7, 11) is 2.07. The van der Waals surface area contributed by atoms with Gasteiger partial charge in [0.25, 0.3) is 0 Å². The fourth-order valence-corrected chi connectivity index (χ4v) is 4.69. The van der Waals surface area contributed by atoms with Crippen LogP contribution in [0.25, 0.3) is 16.6 Å². The summed E-state index contributed by atoms with van der Waals surface area (Å²) < 4.78 is 7.52. The average Bonchev–Trinajstić information content (AvgIpc) is 3.57. The van der Waals surface area contributed by atoms with Crippen molar-refractivity contribution in [3.8, 4) is 11.6 Å². The lowest BCUT2D eigenvalue weighted by Crippen LogP contribution is -2.23. The van der Waals surface area contributed by atoms with E-state index in [1.165, 1.54) is 6.33 Å². The minimum atomic E-state index is -0.180. The monoisotopic (exact) mass is 541 g/mol. The highest BCUT2D eigenvalue weighted by Crippen LogP contribution is 2.33. The van der Waals surface area contributed by atoms with Crippen molar-refractivity contribution in [3.63, 3.8) is 0 Å². The van der Waals surface area contributed by atoms with Crippen LogP contribution in [-0.2, 0) is 4.79 Å². The van der Waals surface area contributed by atoms with Gasteiger partial charge < -0.3 is 15.4 Å². The van der Waals surface area contributed by atoms with E-state index in [0.717, 1.165) is 30.3 Å². The van der Waals surface area contributed by atoms with Crippen LogP contribution in [0.15, 0.2) is 73.6 Å². The van der Waals surface area contributed by atoms with Crippen molar-refractivity contribution in [1.82, 2.24) is 34.4 Å². The summed E-state index contributed by atoms with van der Waals surface area (Å²) in [6.07, 6.45) is 10.4. The van der Waals surface area contributed by atoms with Gasteiger partial charge in [0.2, 0.25) is 11.8 Å². The fraction of sp³-hybridized carbons (Fsp3) is 0.185. The van der Waals surface area contributed by atoms with Crippen molar-refractivity contribution < 1.29 is 9.53 Å². The second kappa shape index (κ2) is 10.6. The maximum Gasteiger partial charge on any atom is 0.248 e. The molecule has 0 saturated carbocycles. The molecule has 1 unspecified atom stereocenters. The molecule has 12 heteroatoms. The van der Waals surface area contributed by atoms with Gasteiger partial charge in [-0.15, -0.1) is 10.2 Å². The summed E-state index contributed by atoms with van der Waals surface area (Å²) in [5, 5.41) is 15.2. The molecule has 39 heavy (non-hydrogen) atoms. The van der Waals surface area contributed by atoms with Crippen LogP contribution in [0.4, 0.5) is 17.2 Å². The number of halogens is 1. The van der Waals surface area contributed by atoms with Gasteiger partial charge in [0, 0.05) is 34.9 Å². The van der Waals surface area contributed by atoms with E-state index in [0.29, 0.717) is 45.5 Å². The van der Waals surface area contributed by atoms with Crippen molar-refractivity contribution >= 4 is 51.3 Å². The minimum absolute atomic E-state index is 0.180. The van der Waals surface area contributed by atoms with E-state index in [4.69, 9.17) is 16.3 Å². The van der Waals surface area contributed by atoms with Gasteiger partial charge in [-0.1, -0.05) is 17.7 Å². The first-order valence-electron chi connectivity index (χ1n) is 12.4. The third kappa shape index (κ3) is 5.49. The number of aromatic nitrogens is 6. The number of likely N-dealkylation sites (N-methyl/N-ethyl adjacent to an activating group) is 1. The van der Waals surface area contributed by atoms with E-state index < -0.39 is 0 Å². The van der Waals surface area contributed by atoms with Crippen LogP contribution in [0, 0.1) is 0 Å².